The van der Waals surface area contributed by atoms with E-state index >= 15 is 0 Å². The van der Waals surface area contributed by atoms with E-state index in [1.165, 1.54) is 0 Å². The molecular formula is C14H22ClN3O. The van der Waals surface area contributed by atoms with Crippen LogP contribution in [0.15, 0.2) is 0 Å². The Bertz CT molecular complexity index is 475. The van der Waals surface area contributed by atoms with E-state index in [0.717, 1.165) is 43.9 Å². The molecule has 0 radical (unpaired) electrons. The largest absolute Gasteiger partial charge is 0.316 e. The number of aromatic nitrogens is 2. The number of hydrogen-bond acceptors (Lipinski definition) is 3. The summed E-state index contributed by atoms with van der Waals surface area (Å²) in [4.78, 5) is 12.5. The van der Waals surface area contributed by atoms with Gasteiger partial charge in [-0.15, -0.1) is 0 Å². The zero-order chi connectivity index (χ0) is 14.0. The third kappa shape index (κ3) is 2.70. The molecule has 1 aromatic heterocycles. The van der Waals surface area contributed by atoms with Gasteiger partial charge in [0.2, 0.25) is 0 Å². The van der Waals surface area contributed by atoms with Crippen LogP contribution in [0.1, 0.15) is 38.6 Å². The molecule has 1 aromatic rings. The molecule has 0 aliphatic carbocycles. The minimum absolute atomic E-state index is 0.251. The first-order chi connectivity index (χ1) is 9.01. The number of halogens is 1. The van der Waals surface area contributed by atoms with Crippen molar-refractivity contribution in [2.45, 2.75) is 46.6 Å². The number of aryl methyl sites for hydroxylation is 2. The lowest BCUT2D eigenvalue weighted by atomic mass is 9.83. The fourth-order valence-corrected chi connectivity index (χ4v) is 2.94. The molecule has 0 spiro atoms. The third-order valence-corrected chi connectivity index (χ3v) is 4.50. The molecule has 1 atom stereocenters. The van der Waals surface area contributed by atoms with E-state index in [1.54, 1.807) is 0 Å². The number of nitrogens with zero attached hydrogens (tertiary/aromatic N) is 2. The highest BCUT2D eigenvalue weighted by Crippen LogP contribution is 2.30. The van der Waals surface area contributed by atoms with E-state index < -0.39 is 0 Å². The van der Waals surface area contributed by atoms with Gasteiger partial charge in [0.1, 0.15) is 5.78 Å². The lowest BCUT2D eigenvalue weighted by Gasteiger charge is -2.21. The highest BCUT2D eigenvalue weighted by molar-refractivity contribution is 6.32. The van der Waals surface area contributed by atoms with Crippen molar-refractivity contribution in [2.75, 3.05) is 13.1 Å². The number of nitrogens with one attached hydrogen (secondary N) is 1. The van der Waals surface area contributed by atoms with Gasteiger partial charge >= 0.3 is 0 Å². The Morgan fingerprint density at radius 2 is 2.26 bits per heavy atom. The van der Waals surface area contributed by atoms with Gasteiger partial charge in [-0.1, -0.05) is 25.4 Å². The van der Waals surface area contributed by atoms with Crippen molar-refractivity contribution in [2.24, 2.45) is 5.41 Å². The van der Waals surface area contributed by atoms with Crippen LogP contribution in [0.4, 0.5) is 0 Å². The lowest BCUT2D eigenvalue weighted by molar-refractivity contribution is -0.126. The van der Waals surface area contributed by atoms with Crippen molar-refractivity contribution >= 4 is 17.4 Å². The van der Waals surface area contributed by atoms with E-state index in [-0.39, 0.29) is 11.2 Å². The molecule has 5 heteroatoms. The summed E-state index contributed by atoms with van der Waals surface area (Å²) in [7, 11) is 0. The Hall–Kier alpha value is -0.870. The summed E-state index contributed by atoms with van der Waals surface area (Å²) in [6, 6.07) is 0. The molecule has 1 fully saturated rings. The molecule has 4 nitrogen and oxygen atoms in total. The summed E-state index contributed by atoms with van der Waals surface area (Å²) in [6.07, 6.45) is 2.09. The second-order valence-corrected chi connectivity index (χ2v) is 5.84. The quantitative estimate of drug-likeness (QED) is 0.901. The van der Waals surface area contributed by atoms with Crippen LogP contribution in [0.2, 0.25) is 5.02 Å². The van der Waals surface area contributed by atoms with Crippen LogP contribution in [0, 0.1) is 5.41 Å². The van der Waals surface area contributed by atoms with Crippen LogP contribution >= 0.6 is 11.6 Å². The lowest BCUT2D eigenvalue weighted by Crippen LogP contribution is -2.32. The number of carbonyl (C=O) groups is 1. The van der Waals surface area contributed by atoms with Crippen molar-refractivity contribution in [3.63, 3.8) is 0 Å². The summed E-state index contributed by atoms with van der Waals surface area (Å²) < 4.78 is 1.87. The Morgan fingerprint density at radius 1 is 1.53 bits per heavy atom. The Balaban J connectivity index is 2.23. The second-order valence-electron chi connectivity index (χ2n) is 5.46. The highest BCUT2D eigenvalue weighted by atomic mass is 35.5. The van der Waals surface area contributed by atoms with Crippen LogP contribution in [-0.2, 0) is 24.2 Å². The predicted octanol–water partition coefficient (Wildman–Crippen LogP) is 2.23. The van der Waals surface area contributed by atoms with Crippen molar-refractivity contribution in [3.05, 3.63) is 16.4 Å². The van der Waals surface area contributed by atoms with Crippen LogP contribution in [0.3, 0.4) is 0 Å². The minimum Gasteiger partial charge on any atom is -0.316 e. The number of carbonyl (C=O) groups excluding carboxylic acids is 1. The van der Waals surface area contributed by atoms with E-state index in [2.05, 4.69) is 10.4 Å². The molecule has 19 heavy (non-hydrogen) atoms. The normalized spacial score (nSPS) is 22.9. The van der Waals surface area contributed by atoms with Crippen molar-refractivity contribution < 1.29 is 4.79 Å². The van der Waals surface area contributed by atoms with Gasteiger partial charge < -0.3 is 5.32 Å². The maximum absolute atomic E-state index is 12.5. The molecular weight excluding hydrogens is 262 g/mol. The van der Waals surface area contributed by atoms with Crippen molar-refractivity contribution in [1.29, 1.82) is 0 Å². The first-order valence-electron chi connectivity index (χ1n) is 7.00. The average Bonchev–Trinajstić information content (AvgIpc) is 2.96. The molecule has 0 saturated carbocycles. The number of rotatable bonds is 5. The molecule has 2 rings (SSSR count). The topological polar surface area (TPSA) is 46.9 Å². The smallest absolute Gasteiger partial charge is 0.146 e. The Labute approximate surface area is 119 Å². The molecule has 0 bridgehead atoms. The zero-order valence-electron chi connectivity index (χ0n) is 11.9. The Kier molecular flexibility index (Phi) is 4.31. The standard InChI is InChI=1S/C14H22ClN3O/c1-4-10-13(15)11(18(5-2)17-10)8-12(19)14(3)6-7-16-9-14/h16H,4-9H2,1-3H3. The number of ketones is 1. The molecule has 1 aliphatic heterocycles. The van der Waals surface area contributed by atoms with Crippen LogP contribution in [0.25, 0.3) is 0 Å². The van der Waals surface area contributed by atoms with E-state index in [1.807, 2.05) is 25.5 Å². The average molecular weight is 284 g/mol. The molecule has 1 saturated heterocycles. The summed E-state index contributed by atoms with van der Waals surface area (Å²) >= 11 is 6.35. The molecule has 2 heterocycles. The van der Waals surface area contributed by atoms with Gasteiger partial charge in [-0.3, -0.25) is 9.48 Å². The molecule has 106 valence electrons. The molecule has 1 N–H and O–H groups in total. The Morgan fingerprint density at radius 3 is 2.79 bits per heavy atom. The van der Waals surface area contributed by atoms with Gasteiger partial charge in [0.15, 0.2) is 0 Å². The molecule has 1 unspecified atom stereocenters. The van der Waals surface area contributed by atoms with E-state index in [0.29, 0.717) is 11.4 Å². The molecule has 0 amide bonds. The second kappa shape index (κ2) is 5.63. The SMILES string of the molecule is CCc1nn(CC)c(CC(=O)C2(C)CCNC2)c1Cl. The maximum atomic E-state index is 12.5. The first kappa shape index (κ1) is 14.5. The van der Waals surface area contributed by atoms with Crippen LogP contribution in [-0.4, -0.2) is 28.7 Å². The zero-order valence-corrected chi connectivity index (χ0v) is 12.7. The number of Topliss-reactive ketones (excluding diaryl/α,β-unsaturated/α-hetero) is 1. The first-order valence-corrected chi connectivity index (χ1v) is 7.37. The third-order valence-electron chi connectivity index (χ3n) is 4.06. The maximum Gasteiger partial charge on any atom is 0.146 e. The predicted molar refractivity (Wildman–Crippen MR) is 76.6 cm³/mol. The van der Waals surface area contributed by atoms with Crippen molar-refractivity contribution in [3.8, 4) is 0 Å². The van der Waals surface area contributed by atoms with Gasteiger partial charge in [-0.25, -0.2) is 0 Å². The summed E-state index contributed by atoms with van der Waals surface area (Å²) in [5.41, 5.74) is 1.51. The summed E-state index contributed by atoms with van der Waals surface area (Å²) in [5.74, 6) is 0.261. The van der Waals surface area contributed by atoms with Crippen LogP contribution < -0.4 is 5.32 Å². The van der Waals surface area contributed by atoms with E-state index in [4.69, 9.17) is 11.6 Å². The highest BCUT2D eigenvalue weighted by Gasteiger charge is 2.36. The van der Waals surface area contributed by atoms with Gasteiger partial charge in [0, 0.05) is 18.5 Å². The monoisotopic (exact) mass is 283 g/mol. The molecule has 0 aromatic carbocycles. The minimum atomic E-state index is -0.251. The molecule has 1 aliphatic rings. The van der Waals surface area contributed by atoms with Gasteiger partial charge in [0.05, 0.1) is 22.8 Å². The fourth-order valence-electron chi connectivity index (χ4n) is 2.61. The van der Waals surface area contributed by atoms with Crippen LogP contribution in [0.5, 0.6) is 0 Å². The summed E-state index contributed by atoms with van der Waals surface area (Å²) in [5, 5.41) is 8.40. The summed E-state index contributed by atoms with van der Waals surface area (Å²) in [6.45, 7) is 8.53. The van der Waals surface area contributed by atoms with Gasteiger partial charge in [0.25, 0.3) is 0 Å². The van der Waals surface area contributed by atoms with Gasteiger partial charge in [-0.05, 0) is 26.3 Å². The number of hydrogen-bond donors (Lipinski definition) is 1. The van der Waals surface area contributed by atoms with E-state index in [9.17, 15) is 4.79 Å². The fraction of sp³-hybridized carbons (Fsp3) is 0.714. The van der Waals surface area contributed by atoms with Crippen molar-refractivity contribution in [1.82, 2.24) is 15.1 Å². The van der Waals surface area contributed by atoms with Gasteiger partial charge in [-0.2, -0.15) is 5.10 Å².